The van der Waals surface area contributed by atoms with E-state index in [-0.39, 0.29) is 18.9 Å². The van der Waals surface area contributed by atoms with Crippen LogP contribution in [-0.4, -0.2) is 42.7 Å². The maximum atomic E-state index is 12.7. The van der Waals surface area contributed by atoms with Gasteiger partial charge in [-0.25, -0.2) is 0 Å². The Bertz CT molecular complexity index is 299. The normalized spacial score (nSPS) is 29.0. The number of carbonyl (C=O) groups is 1. The van der Waals surface area contributed by atoms with E-state index in [2.05, 4.69) is 5.32 Å². The molecule has 1 saturated carbocycles. The summed E-state index contributed by atoms with van der Waals surface area (Å²) in [5.74, 6) is -0.728. The van der Waals surface area contributed by atoms with Gasteiger partial charge in [0.25, 0.3) is 0 Å². The first-order valence-electron chi connectivity index (χ1n) is 5.46. The zero-order chi connectivity index (χ0) is 12.0. The van der Waals surface area contributed by atoms with Crippen molar-refractivity contribution >= 4 is 5.91 Å². The second kappa shape index (κ2) is 3.61. The molecule has 1 aliphatic carbocycles. The van der Waals surface area contributed by atoms with Crippen molar-refractivity contribution in [2.75, 3.05) is 19.6 Å². The first kappa shape index (κ1) is 11.7. The topological polar surface area (TPSA) is 32.3 Å². The summed E-state index contributed by atoms with van der Waals surface area (Å²) in [5.41, 5.74) is -2.05. The van der Waals surface area contributed by atoms with Gasteiger partial charge >= 0.3 is 6.18 Å². The number of rotatable bonds is 1. The van der Waals surface area contributed by atoms with E-state index < -0.39 is 17.5 Å². The standard InChI is InChI=1S/C10H15F3N2O/c1-7-6-15(5-4-14-7)8(16)9(2-3-9)10(11,12)13/h7,14H,2-6H2,1H3. The van der Waals surface area contributed by atoms with Gasteiger partial charge in [0, 0.05) is 25.7 Å². The lowest BCUT2D eigenvalue weighted by Gasteiger charge is -2.35. The van der Waals surface area contributed by atoms with Crippen LogP contribution in [0.25, 0.3) is 0 Å². The highest BCUT2D eigenvalue weighted by Gasteiger charge is 2.69. The maximum Gasteiger partial charge on any atom is 0.403 e. The molecular weight excluding hydrogens is 221 g/mol. The smallest absolute Gasteiger partial charge is 0.339 e. The SMILES string of the molecule is CC1CN(C(=O)C2(C(F)(F)F)CC2)CCN1. The minimum Gasteiger partial charge on any atom is -0.339 e. The van der Waals surface area contributed by atoms with Crippen LogP contribution in [-0.2, 0) is 4.79 Å². The van der Waals surface area contributed by atoms with Crippen LogP contribution in [0.15, 0.2) is 0 Å². The quantitative estimate of drug-likeness (QED) is 0.740. The van der Waals surface area contributed by atoms with E-state index in [0.717, 1.165) is 0 Å². The van der Waals surface area contributed by atoms with Crippen LogP contribution in [0.2, 0.25) is 0 Å². The van der Waals surface area contributed by atoms with Crippen LogP contribution in [0.4, 0.5) is 13.2 Å². The predicted octanol–water partition coefficient (Wildman–Crippen LogP) is 1.15. The Hall–Kier alpha value is -0.780. The highest BCUT2D eigenvalue weighted by molar-refractivity contribution is 5.86. The molecule has 1 N–H and O–H groups in total. The molecule has 6 heteroatoms. The average Bonchev–Trinajstić information content (AvgIpc) is 2.96. The minimum atomic E-state index is -4.39. The maximum absolute atomic E-state index is 12.7. The van der Waals surface area contributed by atoms with Crippen molar-refractivity contribution in [3.8, 4) is 0 Å². The number of nitrogens with zero attached hydrogens (tertiary/aromatic N) is 1. The van der Waals surface area contributed by atoms with Gasteiger partial charge in [-0.3, -0.25) is 4.79 Å². The molecular formula is C10H15F3N2O. The van der Waals surface area contributed by atoms with Crippen molar-refractivity contribution in [3.63, 3.8) is 0 Å². The van der Waals surface area contributed by atoms with Crippen LogP contribution in [0.3, 0.4) is 0 Å². The molecule has 2 fully saturated rings. The molecule has 3 nitrogen and oxygen atoms in total. The van der Waals surface area contributed by atoms with E-state index in [4.69, 9.17) is 0 Å². The summed E-state index contributed by atoms with van der Waals surface area (Å²) in [6.07, 6.45) is -4.49. The first-order chi connectivity index (χ1) is 7.37. The molecule has 0 spiro atoms. The summed E-state index contributed by atoms with van der Waals surface area (Å²) in [6, 6.07) is 0.0710. The van der Waals surface area contributed by atoms with E-state index in [1.54, 1.807) is 0 Å². The molecule has 1 amide bonds. The molecule has 0 aromatic rings. The highest BCUT2D eigenvalue weighted by atomic mass is 19.4. The highest BCUT2D eigenvalue weighted by Crippen LogP contribution is 2.58. The third kappa shape index (κ3) is 1.79. The molecule has 2 rings (SSSR count). The Morgan fingerprint density at radius 3 is 2.50 bits per heavy atom. The van der Waals surface area contributed by atoms with Gasteiger partial charge in [-0.2, -0.15) is 13.2 Å². The summed E-state index contributed by atoms with van der Waals surface area (Å²) >= 11 is 0. The minimum absolute atomic E-state index is 0.0480. The Morgan fingerprint density at radius 1 is 1.44 bits per heavy atom. The number of hydrogen-bond acceptors (Lipinski definition) is 2. The number of carbonyl (C=O) groups excluding carboxylic acids is 1. The van der Waals surface area contributed by atoms with Gasteiger partial charge in [0.15, 0.2) is 0 Å². The van der Waals surface area contributed by atoms with Crippen LogP contribution < -0.4 is 5.32 Å². The second-order valence-corrected chi connectivity index (χ2v) is 4.69. The molecule has 16 heavy (non-hydrogen) atoms. The van der Waals surface area contributed by atoms with E-state index in [1.807, 2.05) is 6.92 Å². The van der Waals surface area contributed by atoms with Gasteiger partial charge in [-0.15, -0.1) is 0 Å². The van der Waals surface area contributed by atoms with Crippen LogP contribution in [0.1, 0.15) is 19.8 Å². The molecule has 1 aliphatic heterocycles. The van der Waals surface area contributed by atoms with Crippen molar-refractivity contribution in [2.24, 2.45) is 5.41 Å². The van der Waals surface area contributed by atoms with Gasteiger partial charge < -0.3 is 10.2 Å². The lowest BCUT2D eigenvalue weighted by atomic mass is 10.0. The van der Waals surface area contributed by atoms with Gasteiger partial charge in [0.05, 0.1) is 0 Å². The fraction of sp³-hybridized carbons (Fsp3) is 0.900. The molecule has 0 bridgehead atoms. The van der Waals surface area contributed by atoms with E-state index >= 15 is 0 Å². The molecule has 0 aromatic heterocycles. The molecule has 2 aliphatic rings. The van der Waals surface area contributed by atoms with E-state index in [9.17, 15) is 18.0 Å². The summed E-state index contributed by atoms with van der Waals surface area (Å²) in [6.45, 7) is 3.19. The van der Waals surface area contributed by atoms with Crippen LogP contribution in [0, 0.1) is 5.41 Å². The average molecular weight is 236 g/mol. The summed E-state index contributed by atoms with van der Waals surface area (Å²) in [7, 11) is 0. The fourth-order valence-corrected chi connectivity index (χ4v) is 2.16. The summed E-state index contributed by atoms with van der Waals surface area (Å²) < 4.78 is 38.2. The number of amides is 1. The molecule has 1 unspecified atom stereocenters. The van der Waals surface area contributed by atoms with Gasteiger partial charge in [0.1, 0.15) is 5.41 Å². The second-order valence-electron chi connectivity index (χ2n) is 4.69. The lowest BCUT2D eigenvalue weighted by Crippen LogP contribution is -2.55. The molecule has 1 saturated heterocycles. The predicted molar refractivity (Wildman–Crippen MR) is 51.8 cm³/mol. The van der Waals surface area contributed by atoms with Gasteiger partial charge in [-0.05, 0) is 19.8 Å². The van der Waals surface area contributed by atoms with Crippen LogP contribution >= 0.6 is 0 Å². The zero-order valence-corrected chi connectivity index (χ0v) is 9.10. The van der Waals surface area contributed by atoms with Crippen molar-refractivity contribution in [1.82, 2.24) is 10.2 Å². The molecule has 92 valence electrons. The van der Waals surface area contributed by atoms with Gasteiger partial charge in [-0.1, -0.05) is 0 Å². The monoisotopic (exact) mass is 236 g/mol. The number of alkyl halides is 3. The number of hydrogen-bond donors (Lipinski definition) is 1. The van der Waals surface area contributed by atoms with Crippen LogP contribution in [0.5, 0.6) is 0 Å². The van der Waals surface area contributed by atoms with Gasteiger partial charge in [0.2, 0.25) is 5.91 Å². The summed E-state index contributed by atoms with van der Waals surface area (Å²) in [5, 5.41) is 3.10. The van der Waals surface area contributed by atoms with Crippen molar-refractivity contribution in [2.45, 2.75) is 32.0 Å². The molecule has 1 heterocycles. The fourth-order valence-electron chi connectivity index (χ4n) is 2.16. The first-order valence-corrected chi connectivity index (χ1v) is 5.46. The largest absolute Gasteiger partial charge is 0.403 e. The Morgan fingerprint density at radius 2 is 2.06 bits per heavy atom. The lowest BCUT2D eigenvalue weighted by molar-refractivity contribution is -0.199. The van der Waals surface area contributed by atoms with Crippen molar-refractivity contribution < 1.29 is 18.0 Å². The Balaban J connectivity index is 2.08. The third-order valence-electron chi connectivity index (χ3n) is 3.36. The van der Waals surface area contributed by atoms with E-state index in [1.165, 1.54) is 4.90 Å². The molecule has 0 aromatic carbocycles. The van der Waals surface area contributed by atoms with Crippen molar-refractivity contribution in [1.29, 1.82) is 0 Å². The number of nitrogens with one attached hydrogen (secondary N) is 1. The zero-order valence-electron chi connectivity index (χ0n) is 9.10. The number of halogens is 3. The Kier molecular flexibility index (Phi) is 2.64. The summed E-state index contributed by atoms with van der Waals surface area (Å²) in [4.78, 5) is 13.2. The van der Waals surface area contributed by atoms with E-state index in [0.29, 0.717) is 19.6 Å². The van der Waals surface area contributed by atoms with Crippen molar-refractivity contribution in [3.05, 3.63) is 0 Å². The third-order valence-corrected chi connectivity index (χ3v) is 3.36. The number of piperazine rings is 1. The molecule has 1 atom stereocenters. The molecule has 0 radical (unpaired) electrons. The Labute approximate surface area is 92.0 Å².